The highest BCUT2D eigenvalue weighted by Gasteiger charge is 2.18. The molecule has 0 aliphatic heterocycles. The molecule has 0 amide bonds. The summed E-state index contributed by atoms with van der Waals surface area (Å²) < 4.78 is 7.48. The monoisotopic (exact) mass is 323 g/mol. The van der Waals surface area contributed by atoms with Crippen molar-refractivity contribution in [2.24, 2.45) is 7.05 Å². The number of benzene rings is 1. The van der Waals surface area contributed by atoms with Crippen molar-refractivity contribution in [1.29, 1.82) is 0 Å². The van der Waals surface area contributed by atoms with Gasteiger partial charge in [-0.15, -0.1) is 5.10 Å². The molecule has 1 aromatic carbocycles. The van der Waals surface area contributed by atoms with Crippen molar-refractivity contribution in [3.05, 3.63) is 34.1 Å². The quantitative estimate of drug-likeness (QED) is 0.815. The lowest BCUT2D eigenvalue weighted by Crippen LogP contribution is -2.07. The molecule has 0 fully saturated rings. The first-order valence-electron chi connectivity index (χ1n) is 5.88. The van der Waals surface area contributed by atoms with Crippen molar-refractivity contribution in [2.45, 2.75) is 13.8 Å². The summed E-state index contributed by atoms with van der Waals surface area (Å²) >= 11 is 3.48. The largest absolute Gasteiger partial charge is 0.460 e. The van der Waals surface area contributed by atoms with Gasteiger partial charge in [-0.3, -0.25) is 0 Å². The van der Waals surface area contributed by atoms with Crippen LogP contribution in [0.2, 0.25) is 0 Å². The van der Waals surface area contributed by atoms with Gasteiger partial charge in [0.2, 0.25) is 0 Å². The molecular formula is C13H14BrN3O2. The van der Waals surface area contributed by atoms with Crippen LogP contribution in [0.25, 0.3) is 11.4 Å². The third kappa shape index (κ3) is 2.68. The van der Waals surface area contributed by atoms with Crippen LogP contribution in [0.15, 0.2) is 22.7 Å². The van der Waals surface area contributed by atoms with E-state index in [0.717, 1.165) is 15.6 Å². The third-order valence-corrected chi connectivity index (χ3v) is 3.59. The lowest BCUT2D eigenvalue weighted by atomic mass is 10.1. The Morgan fingerprint density at radius 1 is 1.47 bits per heavy atom. The summed E-state index contributed by atoms with van der Waals surface area (Å²) in [5.41, 5.74) is 1.98. The highest BCUT2D eigenvalue weighted by Crippen LogP contribution is 2.27. The summed E-state index contributed by atoms with van der Waals surface area (Å²) in [7, 11) is 1.76. The van der Waals surface area contributed by atoms with Gasteiger partial charge >= 0.3 is 5.97 Å². The van der Waals surface area contributed by atoms with Crippen LogP contribution in [0.3, 0.4) is 0 Å². The number of aryl methyl sites for hydroxylation is 1. The van der Waals surface area contributed by atoms with Gasteiger partial charge in [-0.1, -0.05) is 28.1 Å². The maximum absolute atomic E-state index is 11.6. The number of halogens is 1. The standard InChI is InChI=1S/C13H14BrN3O2/c1-4-19-13(18)11-15-12(17(3)16-11)9-6-5-7-10(14)8(9)2/h5-7H,4H2,1-3H3. The molecule has 2 aromatic rings. The molecular weight excluding hydrogens is 310 g/mol. The molecule has 0 bridgehead atoms. The number of carbonyl (C=O) groups excluding carboxylic acids is 1. The van der Waals surface area contributed by atoms with Crippen LogP contribution < -0.4 is 0 Å². The smallest absolute Gasteiger partial charge is 0.378 e. The van der Waals surface area contributed by atoms with Crippen molar-refractivity contribution in [1.82, 2.24) is 14.8 Å². The first-order valence-corrected chi connectivity index (χ1v) is 6.67. The molecule has 0 aliphatic rings. The molecule has 6 heteroatoms. The summed E-state index contributed by atoms with van der Waals surface area (Å²) in [6.45, 7) is 4.04. The van der Waals surface area contributed by atoms with E-state index in [4.69, 9.17) is 4.74 Å². The highest BCUT2D eigenvalue weighted by atomic mass is 79.9. The Kier molecular flexibility index (Phi) is 3.99. The summed E-state index contributed by atoms with van der Waals surface area (Å²) in [6.07, 6.45) is 0. The topological polar surface area (TPSA) is 57.0 Å². The summed E-state index contributed by atoms with van der Waals surface area (Å²) in [6, 6.07) is 5.83. The van der Waals surface area contributed by atoms with E-state index >= 15 is 0 Å². The number of esters is 1. The molecule has 0 atom stereocenters. The molecule has 2 rings (SSSR count). The van der Waals surface area contributed by atoms with Crippen molar-refractivity contribution in [2.75, 3.05) is 6.61 Å². The minimum absolute atomic E-state index is 0.0822. The molecule has 1 heterocycles. The zero-order valence-corrected chi connectivity index (χ0v) is 12.6. The molecule has 100 valence electrons. The highest BCUT2D eigenvalue weighted by molar-refractivity contribution is 9.10. The number of carbonyl (C=O) groups is 1. The minimum Gasteiger partial charge on any atom is -0.460 e. The van der Waals surface area contributed by atoms with Crippen LogP contribution in [0, 0.1) is 6.92 Å². The normalized spacial score (nSPS) is 10.5. The second kappa shape index (κ2) is 5.52. The van der Waals surface area contributed by atoms with Gasteiger partial charge in [0.1, 0.15) is 0 Å². The van der Waals surface area contributed by atoms with Crippen LogP contribution in [-0.2, 0) is 11.8 Å². The van der Waals surface area contributed by atoms with Crippen LogP contribution in [0.4, 0.5) is 0 Å². The predicted molar refractivity (Wildman–Crippen MR) is 74.8 cm³/mol. The Morgan fingerprint density at radius 3 is 2.89 bits per heavy atom. The molecule has 0 saturated carbocycles. The van der Waals surface area contributed by atoms with Gasteiger partial charge in [0, 0.05) is 17.1 Å². The van der Waals surface area contributed by atoms with Crippen LogP contribution >= 0.6 is 15.9 Å². The van der Waals surface area contributed by atoms with Crippen molar-refractivity contribution in [3.63, 3.8) is 0 Å². The van der Waals surface area contributed by atoms with Gasteiger partial charge in [-0.2, -0.15) is 0 Å². The van der Waals surface area contributed by atoms with E-state index in [2.05, 4.69) is 26.0 Å². The second-order valence-corrected chi connectivity index (χ2v) is 4.87. The lowest BCUT2D eigenvalue weighted by molar-refractivity contribution is 0.0512. The van der Waals surface area contributed by atoms with Crippen LogP contribution in [0.1, 0.15) is 23.1 Å². The molecule has 0 aliphatic carbocycles. The van der Waals surface area contributed by atoms with E-state index in [1.807, 2.05) is 25.1 Å². The van der Waals surface area contributed by atoms with E-state index < -0.39 is 5.97 Å². The average molecular weight is 324 g/mol. The Bertz CT molecular complexity index is 622. The van der Waals surface area contributed by atoms with Crippen LogP contribution in [0.5, 0.6) is 0 Å². The molecule has 0 unspecified atom stereocenters. The Balaban J connectivity index is 2.46. The predicted octanol–water partition coefficient (Wildman–Crippen LogP) is 2.73. The summed E-state index contributed by atoms with van der Waals surface area (Å²) in [5, 5.41) is 4.09. The Morgan fingerprint density at radius 2 is 2.21 bits per heavy atom. The molecule has 0 radical (unpaired) electrons. The average Bonchev–Trinajstić information content (AvgIpc) is 2.75. The molecule has 0 spiro atoms. The van der Waals surface area contributed by atoms with Gasteiger partial charge in [-0.25, -0.2) is 14.5 Å². The van der Waals surface area contributed by atoms with Gasteiger partial charge < -0.3 is 4.74 Å². The lowest BCUT2D eigenvalue weighted by Gasteiger charge is -2.05. The van der Waals surface area contributed by atoms with Crippen LogP contribution in [-0.4, -0.2) is 27.3 Å². The Hall–Kier alpha value is -1.69. The minimum atomic E-state index is -0.503. The molecule has 1 aromatic heterocycles. The fourth-order valence-electron chi connectivity index (χ4n) is 1.75. The van der Waals surface area contributed by atoms with Gasteiger partial charge in [-0.05, 0) is 25.5 Å². The Labute approximate surface area is 119 Å². The first-order chi connectivity index (χ1) is 9.04. The molecule has 0 saturated heterocycles. The third-order valence-electron chi connectivity index (χ3n) is 2.73. The van der Waals surface area contributed by atoms with Crippen molar-refractivity contribution < 1.29 is 9.53 Å². The number of hydrogen-bond donors (Lipinski definition) is 0. The molecule has 19 heavy (non-hydrogen) atoms. The van der Waals surface area contributed by atoms with E-state index in [-0.39, 0.29) is 5.82 Å². The molecule has 0 N–H and O–H groups in total. The van der Waals surface area contributed by atoms with E-state index in [1.54, 1.807) is 18.7 Å². The molecule has 5 nitrogen and oxygen atoms in total. The first kappa shape index (κ1) is 13.7. The zero-order valence-electron chi connectivity index (χ0n) is 11.0. The number of rotatable bonds is 3. The van der Waals surface area contributed by atoms with Gasteiger partial charge in [0.05, 0.1) is 6.61 Å². The number of aromatic nitrogens is 3. The second-order valence-electron chi connectivity index (χ2n) is 4.02. The maximum Gasteiger partial charge on any atom is 0.378 e. The van der Waals surface area contributed by atoms with Crippen molar-refractivity contribution in [3.8, 4) is 11.4 Å². The summed E-state index contributed by atoms with van der Waals surface area (Å²) in [5.74, 6) is 0.220. The number of ether oxygens (including phenoxy) is 1. The van der Waals surface area contributed by atoms with Crippen molar-refractivity contribution >= 4 is 21.9 Å². The van der Waals surface area contributed by atoms with Gasteiger partial charge in [0.15, 0.2) is 5.82 Å². The maximum atomic E-state index is 11.6. The fourth-order valence-corrected chi connectivity index (χ4v) is 2.12. The zero-order chi connectivity index (χ0) is 14.0. The SMILES string of the molecule is CCOC(=O)c1nc(-c2cccc(Br)c2C)n(C)n1. The van der Waals surface area contributed by atoms with E-state index in [1.165, 1.54) is 0 Å². The van der Waals surface area contributed by atoms with E-state index in [9.17, 15) is 4.79 Å². The van der Waals surface area contributed by atoms with E-state index in [0.29, 0.717) is 12.4 Å². The summed E-state index contributed by atoms with van der Waals surface area (Å²) in [4.78, 5) is 15.9. The number of nitrogens with zero attached hydrogens (tertiary/aromatic N) is 3. The van der Waals surface area contributed by atoms with Gasteiger partial charge in [0.25, 0.3) is 5.82 Å². The number of hydrogen-bond acceptors (Lipinski definition) is 4. The fraction of sp³-hybridized carbons (Fsp3) is 0.308.